The first kappa shape index (κ1) is 19.6. The van der Waals surface area contributed by atoms with E-state index in [1.807, 2.05) is 25.1 Å². The number of pyridine rings is 1. The van der Waals surface area contributed by atoms with Crippen LogP contribution in [0.2, 0.25) is 0 Å². The topological polar surface area (TPSA) is 60.5 Å². The highest BCUT2D eigenvalue weighted by atomic mass is 19.4. The number of halogens is 3. The van der Waals surface area contributed by atoms with Crippen molar-refractivity contribution in [2.24, 2.45) is 0 Å². The molecular weight excluding hydrogens is 349 g/mol. The number of carbonyl (C=O) groups excluding carboxylic acids is 1. The van der Waals surface area contributed by atoms with Gasteiger partial charge in [0.1, 0.15) is 11.5 Å². The van der Waals surface area contributed by atoms with Gasteiger partial charge in [-0.25, -0.2) is 0 Å². The first-order valence-corrected chi connectivity index (χ1v) is 7.88. The summed E-state index contributed by atoms with van der Waals surface area (Å²) in [5, 5.41) is 2.71. The van der Waals surface area contributed by atoms with Gasteiger partial charge in [0.2, 0.25) is 0 Å². The van der Waals surface area contributed by atoms with Gasteiger partial charge in [-0.15, -0.1) is 0 Å². The molecule has 0 spiro atoms. The SMILES string of the molecule is Cc1ccccc1OCC(=O)N[C@H](C)c1ccc(OCC(F)(F)F)cn1. The number of carbonyl (C=O) groups is 1. The summed E-state index contributed by atoms with van der Waals surface area (Å²) in [6.45, 7) is 2.06. The van der Waals surface area contributed by atoms with E-state index in [9.17, 15) is 18.0 Å². The molecule has 0 aliphatic heterocycles. The Bertz CT molecular complexity index is 733. The van der Waals surface area contributed by atoms with Crippen LogP contribution in [0.25, 0.3) is 0 Å². The number of amides is 1. The highest BCUT2D eigenvalue weighted by Gasteiger charge is 2.28. The molecule has 26 heavy (non-hydrogen) atoms. The number of benzene rings is 1. The number of hydrogen-bond donors (Lipinski definition) is 1. The van der Waals surface area contributed by atoms with Crippen molar-refractivity contribution in [3.05, 3.63) is 53.9 Å². The van der Waals surface area contributed by atoms with E-state index in [1.165, 1.54) is 18.3 Å². The van der Waals surface area contributed by atoms with Gasteiger partial charge in [0.05, 0.1) is 17.9 Å². The molecule has 0 saturated carbocycles. The van der Waals surface area contributed by atoms with Crippen LogP contribution in [0.4, 0.5) is 13.2 Å². The number of nitrogens with one attached hydrogen (secondary N) is 1. The Labute approximate surface area is 149 Å². The van der Waals surface area contributed by atoms with Crippen molar-refractivity contribution in [1.29, 1.82) is 0 Å². The average molecular weight is 368 g/mol. The molecule has 8 heteroatoms. The van der Waals surface area contributed by atoms with E-state index in [2.05, 4.69) is 15.0 Å². The van der Waals surface area contributed by atoms with Crippen molar-refractivity contribution in [2.45, 2.75) is 26.1 Å². The van der Waals surface area contributed by atoms with Gasteiger partial charge in [-0.1, -0.05) is 18.2 Å². The van der Waals surface area contributed by atoms with E-state index < -0.39 is 18.8 Å². The molecular formula is C18H19F3N2O3. The van der Waals surface area contributed by atoms with E-state index in [-0.39, 0.29) is 18.3 Å². The second kappa shape index (κ2) is 8.55. The minimum absolute atomic E-state index is 0.00693. The van der Waals surface area contributed by atoms with Crippen molar-refractivity contribution < 1.29 is 27.4 Å². The molecule has 2 rings (SSSR count). The van der Waals surface area contributed by atoms with Gasteiger partial charge in [-0.2, -0.15) is 13.2 Å². The van der Waals surface area contributed by atoms with Crippen molar-refractivity contribution in [3.63, 3.8) is 0 Å². The van der Waals surface area contributed by atoms with Crippen LogP contribution in [0.3, 0.4) is 0 Å². The lowest BCUT2D eigenvalue weighted by Gasteiger charge is -2.15. The minimum atomic E-state index is -4.41. The molecule has 0 aliphatic rings. The molecule has 0 saturated heterocycles. The van der Waals surface area contributed by atoms with Gasteiger partial charge in [0, 0.05) is 0 Å². The Balaban J connectivity index is 1.83. The van der Waals surface area contributed by atoms with Crippen molar-refractivity contribution in [2.75, 3.05) is 13.2 Å². The highest BCUT2D eigenvalue weighted by molar-refractivity contribution is 5.78. The number of aromatic nitrogens is 1. The second-order valence-electron chi connectivity index (χ2n) is 5.67. The quantitative estimate of drug-likeness (QED) is 0.811. The molecule has 5 nitrogen and oxygen atoms in total. The van der Waals surface area contributed by atoms with Crippen molar-refractivity contribution in [1.82, 2.24) is 10.3 Å². The summed E-state index contributed by atoms with van der Waals surface area (Å²) in [5.74, 6) is 0.298. The lowest BCUT2D eigenvalue weighted by atomic mass is 10.2. The summed E-state index contributed by atoms with van der Waals surface area (Å²) in [6, 6.07) is 9.78. The third kappa shape index (κ3) is 6.27. The van der Waals surface area contributed by atoms with Crippen LogP contribution >= 0.6 is 0 Å². The zero-order chi connectivity index (χ0) is 19.2. The third-order valence-electron chi connectivity index (χ3n) is 3.44. The molecule has 1 aromatic carbocycles. The van der Waals surface area contributed by atoms with Crippen LogP contribution in [0.1, 0.15) is 24.2 Å². The van der Waals surface area contributed by atoms with Crippen LogP contribution in [0.5, 0.6) is 11.5 Å². The molecule has 1 N–H and O–H groups in total. The van der Waals surface area contributed by atoms with E-state index in [0.717, 1.165) is 5.56 Å². The van der Waals surface area contributed by atoms with Gasteiger partial charge < -0.3 is 14.8 Å². The number of rotatable bonds is 7. The molecule has 0 unspecified atom stereocenters. The number of alkyl halides is 3. The van der Waals surface area contributed by atoms with E-state index in [4.69, 9.17) is 4.74 Å². The summed E-state index contributed by atoms with van der Waals surface area (Å²) < 4.78 is 46.4. The van der Waals surface area contributed by atoms with Gasteiger partial charge in [-0.3, -0.25) is 9.78 Å². The Morgan fingerprint density at radius 1 is 1.19 bits per heavy atom. The van der Waals surface area contributed by atoms with Crippen LogP contribution < -0.4 is 14.8 Å². The lowest BCUT2D eigenvalue weighted by molar-refractivity contribution is -0.153. The second-order valence-corrected chi connectivity index (χ2v) is 5.67. The van der Waals surface area contributed by atoms with Gasteiger partial charge in [-0.05, 0) is 37.6 Å². The monoisotopic (exact) mass is 368 g/mol. The summed E-state index contributed by atoms with van der Waals surface area (Å²) in [5.41, 5.74) is 1.41. The first-order valence-electron chi connectivity index (χ1n) is 7.88. The maximum Gasteiger partial charge on any atom is 0.422 e. The average Bonchev–Trinajstić information content (AvgIpc) is 2.59. The van der Waals surface area contributed by atoms with E-state index in [1.54, 1.807) is 13.0 Å². The first-order chi connectivity index (χ1) is 12.2. The number of hydrogen-bond acceptors (Lipinski definition) is 4. The third-order valence-corrected chi connectivity index (χ3v) is 3.44. The fourth-order valence-corrected chi connectivity index (χ4v) is 2.12. The summed E-state index contributed by atoms with van der Waals surface area (Å²) in [4.78, 5) is 16.0. The Morgan fingerprint density at radius 3 is 2.54 bits per heavy atom. The van der Waals surface area contributed by atoms with Crippen LogP contribution in [-0.2, 0) is 4.79 Å². The number of ether oxygens (including phenoxy) is 2. The molecule has 1 atom stereocenters. The molecule has 2 aromatic rings. The highest BCUT2D eigenvalue weighted by Crippen LogP contribution is 2.19. The fourth-order valence-electron chi connectivity index (χ4n) is 2.12. The molecule has 0 bridgehead atoms. The standard InChI is InChI=1S/C18H19F3N2O3/c1-12-5-3-4-6-16(12)25-10-17(24)23-13(2)15-8-7-14(9-22-15)26-11-18(19,20)21/h3-9,13H,10-11H2,1-2H3,(H,23,24)/t13-/m1/s1. The Hall–Kier alpha value is -2.77. The normalized spacial score (nSPS) is 12.3. The Morgan fingerprint density at radius 2 is 1.92 bits per heavy atom. The molecule has 1 amide bonds. The molecule has 140 valence electrons. The summed E-state index contributed by atoms with van der Waals surface area (Å²) in [7, 11) is 0. The number of aryl methyl sites for hydroxylation is 1. The van der Waals surface area contributed by atoms with Crippen LogP contribution in [0, 0.1) is 6.92 Å². The summed E-state index contributed by atoms with van der Waals surface area (Å²) >= 11 is 0. The van der Waals surface area contributed by atoms with Gasteiger partial charge in [0.25, 0.3) is 5.91 Å². The molecule has 1 aromatic heterocycles. The summed E-state index contributed by atoms with van der Waals surface area (Å²) in [6.07, 6.45) is -3.22. The minimum Gasteiger partial charge on any atom is -0.484 e. The van der Waals surface area contributed by atoms with Gasteiger partial charge >= 0.3 is 6.18 Å². The number of nitrogens with zero attached hydrogens (tertiary/aromatic N) is 1. The maximum atomic E-state index is 12.1. The zero-order valence-electron chi connectivity index (χ0n) is 14.3. The Kier molecular flexibility index (Phi) is 6.43. The van der Waals surface area contributed by atoms with Crippen molar-refractivity contribution in [3.8, 4) is 11.5 Å². The molecule has 0 radical (unpaired) electrons. The van der Waals surface area contributed by atoms with E-state index >= 15 is 0 Å². The molecule has 0 aliphatic carbocycles. The van der Waals surface area contributed by atoms with Crippen molar-refractivity contribution >= 4 is 5.91 Å². The fraction of sp³-hybridized carbons (Fsp3) is 0.333. The zero-order valence-corrected chi connectivity index (χ0v) is 14.3. The lowest BCUT2D eigenvalue weighted by Crippen LogP contribution is -2.31. The predicted molar refractivity (Wildman–Crippen MR) is 89.0 cm³/mol. The maximum absolute atomic E-state index is 12.1. The molecule has 1 heterocycles. The number of para-hydroxylation sites is 1. The smallest absolute Gasteiger partial charge is 0.422 e. The van der Waals surface area contributed by atoms with Crippen LogP contribution in [0.15, 0.2) is 42.6 Å². The molecule has 0 fully saturated rings. The van der Waals surface area contributed by atoms with E-state index in [0.29, 0.717) is 11.4 Å². The van der Waals surface area contributed by atoms with Gasteiger partial charge in [0.15, 0.2) is 13.2 Å². The van der Waals surface area contributed by atoms with Crippen LogP contribution in [-0.4, -0.2) is 30.3 Å². The predicted octanol–water partition coefficient (Wildman–Crippen LogP) is 3.59. The largest absolute Gasteiger partial charge is 0.484 e.